The Balaban J connectivity index is 1.82. The number of unbranched alkanes of at least 4 members (excludes halogenated alkanes) is 1. The van der Waals surface area contributed by atoms with E-state index in [1.165, 1.54) is 12.3 Å². The van der Waals surface area contributed by atoms with Gasteiger partial charge in [0.25, 0.3) is 0 Å². The standard InChI is InChI=1S/C21H24INO6/c1-2-3-4-22-20-6-12-5-18-19(29-11-13(24)10-28-18)7-14(12)16-8-17(25)15(21(26)27)9-23(16)20/h5,7-9,13,20,22,24H,2-4,6,10-11H2,1H3,(H,26,27). The Hall–Kier alpha value is -2.07. The van der Waals surface area contributed by atoms with Crippen molar-refractivity contribution in [1.29, 1.82) is 0 Å². The van der Waals surface area contributed by atoms with Crippen LogP contribution in [0.3, 0.4) is 0 Å². The van der Waals surface area contributed by atoms with Crippen molar-refractivity contribution in [2.45, 2.75) is 36.3 Å². The molecule has 156 valence electrons. The van der Waals surface area contributed by atoms with Crippen molar-refractivity contribution in [2.75, 3.05) is 17.6 Å². The van der Waals surface area contributed by atoms with Crippen molar-refractivity contribution in [3.63, 3.8) is 0 Å². The van der Waals surface area contributed by atoms with E-state index in [1.807, 2.05) is 16.7 Å². The van der Waals surface area contributed by atoms with Crippen LogP contribution in [0, 0.1) is 0 Å². The van der Waals surface area contributed by atoms with E-state index in [9.17, 15) is 19.8 Å². The zero-order chi connectivity index (χ0) is 20.5. The molecular formula is C21H24INO6. The summed E-state index contributed by atoms with van der Waals surface area (Å²) in [6, 6.07) is 5.22. The number of pyridine rings is 1. The zero-order valence-corrected chi connectivity index (χ0v) is 18.4. The molecular weight excluding hydrogens is 489 g/mol. The second-order valence-corrected chi connectivity index (χ2v) is 10.9. The average Bonchev–Trinajstić information content (AvgIpc) is 2.87. The molecule has 2 aliphatic rings. The number of benzene rings is 1. The second-order valence-electron chi connectivity index (χ2n) is 7.26. The summed E-state index contributed by atoms with van der Waals surface area (Å²) in [5, 5.41) is 19.2. The maximum atomic E-state index is 12.4. The van der Waals surface area contributed by atoms with E-state index in [2.05, 4.69) is 6.92 Å². The Morgan fingerprint density at radius 2 is 1.97 bits per heavy atom. The summed E-state index contributed by atoms with van der Waals surface area (Å²) in [6.07, 6.45) is 3.88. The minimum absolute atomic E-state index is 0.142. The van der Waals surface area contributed by atoms with Gasteiger partial charge in [-0.25, -0.2) is 0 Å². The van der Waals surface area contributed by atoms with Crippen LogP contribution >= 0.6 is 21.2 Å². The molecule has 2 unspecified atom stereocenters. The molecule has 0 radical (unpaired) electrons. The first kappa shape index (κ1) is 20.2. The number of carbonyl (C=O) groups is 1. The van der Waals surface area contributed by atoms with Crippen LogP contribution in [0.25, 0.3) is 11.3 Å². The number of fused-ring (bicyclic) bond motifs is 4. The number of alkyl halides is 2. The fourth-order valence-corrected chi connectivity index (χ4v) is 7.49. The number of aliphatic hydroxyl groups excluding tert-OH is 1. The SMILES string of the molecule is CCCC[IH]C1Cc2cc3c(cc2-c2cc(=O)c(C(=O)O)cn21)OCC(O)CO3. The normalized spacial score (nSPS) is 19.9. The van der Waals surface area contributed by atoms with Crippen LogP contribution in [-0.4, -0.2) is 44.5 Å². The van der Waals surface area contributed by atoms with Gasteiger partial charge in [0.2, 0.25) is 0 Å². The summed E-state index contributed by atoms with van der Waals surface area (Å²) in [5.41, 5.74) is 1.97. The molecule has 0 fully saturated rings. The number of carboxylic acids is 1. The number of ether oxygens (including phenoxy) is 2. The molecule has 7 nitrogen and oxygen atoms in total. The molecule has 0 bridgehead atoms. The molecule has 1 aromatic heterocycles. The number of aliphatic hydroxyl groups is 1. The molecule has 29 heavy (non-hydrogen) atoms. The van der Waals surface area contributed by atoms with Crippen LogP contribution < -0.4 is 14.9 Å². The van der Waals surface area contributed by atoms with Crippen molar-refractivity contribution in [2.24, 2.45) is 0 Å². The van der Waals surface area contributed by atoms with Gasteiger partial charge in [0.05, 0.1) is 0 Å². The van der Waals surface area contributed by atoms with E-state index in [0.717, 1.165) is 40.5 Å². The zero-order valence-electron chi connectivity index (χ0n) is 16.1. The second kappa shape index (κ2) is 8.35. The molecule has 2 aliphatic heterocycles. The van der Waals surface area contributed by atoms with Gasteiger partial charge in [-0.1, -0.05) is 0 Å². The minimum atomic E-state index is -1.20. The number of hydrogen-bond donors (Lipinski definition) is 2. The molecule has 0 amide bonds. The number of halogens is 1. The Kier molecular flexibility index (Phi) is 5.82. The van der Waals surface area contributed by atoms with Crippen LogP contribution in [0.1, 0.15) is 39.7 Å². The monoisotopic (exact) mass is 513 g/mol. The van der Waals surface area contributed by atoms with Gasteiger partial charge in [-0.15, -0.1) is 0 Å². The molecule has 8 heteroatoms. The molecule has 0 aliphatic carbocycles. The summed E-state index contributed by atoms with van der Waals surface area (Å²) < 4.78 is 14.8. The third kappa shape index (κ3) is 4.00. The van der Waals surface area contributed by atoms with Gasteiger partial charge in [-0.3, -0.25) is 0 Å². The summed E-state index contributed by atoms with van der Waals surface area (Å²) in [7, 11) is 0. The Morgan fingerprint density at radius 1 is 1.24 bits per heavy atom. The Labute approximate surface area is 178 Å². The van der Waals surface area contributed by atoms with Gasteiger partial charge < -0.3 is 0 Å². The number of aromatic nitrogens is 1. The first-order valence-electron chi connectivity index (χ1n) is 9.70. The predicted molar refractivity (Wildman–Crippen MR) is 118 cm³/mol. The summed E-state index contributed by atoms with van der Waals surface area (Å²) in [4.78, 5) is 23.9. The van der Waals surface area contributed by atoms with Crippen molar-refractivity contribution < 1.29 is 24.5 Å². The van der Waals surface area contributed by atoms with Gasteiger partial charge in [0.15, 0.2) is 0 Å². The van der Waals surface area contributed by atoms with E-state index < -0.39 is 38.7 Å². The first-order chi connectivity index (χ1) is 14.0. The van der Waals surface area contributed by atoms with Crippen molar-refractivity contribution in [3.8, 4) is 22.8 Å². The number of hydrogen-bond acceptors (Lipinski definition) is 5. The maximum absolute atomic E-state index is 12.4. The van der Waals surface area contributed by atoms with Crippen molar-refractivity contribution in [1.82, 2.24) is 4.57 Å². The summed E-state index contributed by atoms with van der Waals surface area (Å²) in [6.45, 7) is 2.48. The van der Waals surface area contributed by atoms with Crippen molar-refractivity contribution in [3.05, 3.63) is 45.7 Å². The van der Waals surface area contributed by atoms with Gasteiger partial charge in [-0.2, -0.15) is 0 Å². The summed E-state index contributed by atoms with van der Waals surface area (Å²) in [5.74, 6) is -0.0645. The average molecular weight is 513 g/mol. The topological polar surface area (TPSA) is 98.0 Å². The van der Waals surface area contributed by atoms with Gasteiger partial charge in [0, 0.05) is 0 Å². The number of rotatable bonds is 5. The molecule has 2 N–H and O–H groups in total. The fraction of sp³-hybridized carbons (Fsp3) is 0.429. The molecule has 0 saturated carbocycles. The van der Waals surface area contributed by atoms with E-state index in [0.29, 0.717) is 11.5 Å². The Bertz CT molecular complexity index is 1000. The molecule has 3 heterocycles. The van der Waals surface area contributed by atoms with Gasteiger partial charge in [-0.05, 0) is 0 Å². The van der Waals surface area contributed by atoms with E-state index in [4.69, 9.17) is 9.47 Å². The summed E-state index contributed by atoms with van der Waals surface area (Å²) >= 11 is -0.434. The van der Waals surface area contributed by atoms with E-state index in [1.54, 1.807) is 0 Å². The molecule has 0 saturated heterocycles. The van der Waals surface area contributed by atoms with Gasteiger partial charge in [0.1, 0.15) is 0 Å². The molecule has 4 rings (SSSR count). The molecule has 2 atom stereocenters. The fourth-order valence-electron chi connectivity index (χ4n) is 3.61. The van der Waals surface area contributed by atoms with Crippen molar-refractivity contribution >= 4 is 27.2 Å². The predicted octanol–water partition coefficient (Wildman–Crippen LogP) is 2.90. The van der Waals surface area contributed by atoms with Crippen LogP contribution in [0.5, 0.6) is 11.5 Å². The Morgan fingerprint density at radius 3 is 2.66 bits per heavy atom. The third-order valence-electron chi connectivity index (χ3n) is 5.13. The van der Waals surface area contributed by atoms with E-state index >= 15 is 0 Å². The number of aromatic carboxylic acids is 1. The van der Waals surface area contributed by atoms with Crippen LogP contribution in [0.15, 0.2) is 29.2 Å². The quantitative estimate of drug-likeness (QED) is 0.363. The van der Waals surface area contributed by atoms with Gasteiger partial charge >= 0.3 is 179 Å². The van der Waals surface area contributed by atoms with Crippen LogP contribution in [0.4, 0.5) is 0 Å². The first-order valence-corrected chi connectivity index (χ1v) is 12.7. The number of nitrogens with zero attached hydrogens (tertiary/aromatic N) is 1. The van der Waals surface area contributed by atoms with Crippen LogP contribution in [-0.2, 0) is 6.42 Å². The third-order valence-corrected chi connectivity index (χ3v) is 8.85. The molecule has 1 aromatic carbocycles. The molecule has 0 spiro atoms. The van der Waals surface area contributed by atoms with Crippen LogP contribution in [0.2, 0.25) is 0 Å². The number of carboxylic acid groups (broad SMARTS) is 1. The molecule has 2 aromatic rings. The van der Waals surface area contributed by atoms with E-state index in [-0.39, 0.29) is 22.8 Å².